The van der Waals surface area contributed by atoms with E-state index in [1.165, 1.54) is 7.11 Å². The van der Waals surface area contributed by atoms with E-state index in [-0.39, 0.29) is 42.2 Å². The van der Waals surface area contributed by atoms with E-state index in [4.69, 9.17) is 15.9 Å². The molecule has 3 N–H and O–H groups in total. The van der Waals surface area contributed by atoms with Gasteiger partial charge in [-0.25, -0.2) is 4.79 Å². The van der Waals surface area contributed by atoms with Crippen LogP contribution in [0.5, 0.6) is 0 Å². The van der Waals surface area contributed by atoms with Gasteiger partial charge in [0.2, 0.25) is 0 Å². The Morgan fingerprint density at radius 3 is 2.14 bits per heavy atom. The molecular weight excluding hydrogens is 478 g/mol. The van der Waals surface area contributed by atoms with Crippen molar-refractivity contribution in [3.05, 3.63) is 65.7 Å². The SMILES string of the molecule is COC(=O)C1CCC(N(Cc2ccccc2)C(=O)N2CCN(c3ccc(C(=N)N)cc3)CC2)CC1.Cl. The number of ether oxygens (including phenoxy) is 1. The van der Waals surface area contributed by atoms with E-state index < -0.39 is 0 Å². The molecule has 0 unspecified atom stereocenters. The maximum Gasteiger partial charge on any atom is 0.320 e. The number of methoxy groups -OCH3 is 1. The van der Waals surface area contributed by atoms with Gasteiger partial charge in [-0.15, -0.1) is 12.4 Å². The predicted octanol–water partition coefficient (Wildman–Crippen LogP) is 3.87. The number of esters is 1. The molecule has 1 saturated carbocycles. The summed E-state index contributed by atoms with van der Waals surface area (Å²) in [5.41, 5.74) is 8.46. The van der Waals surface area contributed by atoms with E-state index in [2.05, 4.69) is 17.0 Å². The summed E-state index contributed by atoms with van der Waals surface area (Å²) in [6.07, 6.45) is 3.11. The molecule has 2 aliphatic rings. The maximum absolute atomic E-state index is 13.7. The van der Waals surface area contributed by atoms with Gasteiger partial charge in [0.15, 0.2) is 0 Å². The lowest BCUT2D eigenvalue weighted by atomic mass is 9.85. The standard InChI is InChI=1S/C27H35N5O3.ClH/c1-35-26(33)22-9-13-24(14-10-22)32(19-20-5-3-2-4-6-20)27(34)31-17-15-30(16-18-31)23-11-7-21(8-12-23)25(28)29;/h2-8,11-12,22,24H,9-10,13-19H2,1H3,(H3,28,29);1H. The van der Waals surface area contributed by atoms with E-state index in [1.54, 1.807) is 0 Å². The van der Waals surface area contributed by atoms with Gasteiger partial charge >= 0.3 is 12.0 Å². The zero-order chi connectivity index (χ0) is 24.8. The molecule has 1 aliphatic heterocycles. The summed E-state index contributed by atoms with van der Waals surface area (Å²) in [5, 5.41) is 7.56. The number of hydrogen-bond donors (Lipinski definition) is 2. The van der Waals surface area contributed by atoms with Crippen molar-refractivity contribution in [2.45, 2.75) is 38.3 Å². The minimum Gasteiger partial charge on any atom is -0.469 e. The highest BCUT2D eigenvalue weighted by Gasteiger charge is 2.34. The highest BCUT2D eigenvalue weighted by molar-refractivity contribution is 5.95. The largest absolute Gasteiger partial charge is 0.469 e. The topological polar surface area (TPSA) is 103 Å². The maximum atomic E-state index is 13.7. The van der Waals surface area contributed by atoms with Gasteiger partial charge in [-0.05, 0) is 55.5 Å². The van der Waals surface area contributed by atoms with E-state index in [9.17, 15) is 9.59 Å². The van der Waals surface area contributed by atoms with Crippen molar-refractivity contribution < 1.29 is 14.3 Å². The molecule has 2 aromatic rings. The minimum atomic E-state index is -0.142. The normalized spacial score (nSPS) is 19.7. The number of amidine groups is 1. The van der Waals surface area contributed by atoms with E-state index in [0.717, 1.165) is 50.0 Å². The van der Waals surface area contributed by atoms with Gasteiger partial charge in [-0.2, -0.15) is 0 Å². The van der Waals surface area contributed by atoms with Gasteiger partial charge in [-0.1, -0.05) is 30.3 Å². The zero-order valence-corrected chi connectivity index (χ0v) is 21.6. The van der Waals surface area contributed by atoms with Crippen LogP contribution in [0.15, 0.2) is 54.6 Å². The average molecular weight is 514 g/mol. The molecule has 4 rings (SSSR count). The molecule has 0 atom stereocenters. The van der Waals surface area contributed by atoms with Crippen LogP contribution in [-0.4, -0.2) is 67.0 Å². The number of amides is 2. The number of halogens is 1. The van der Waals surface area contributed by atoms with E-state index >= 15 is 0 Å². The molecule has 1 saturated heterocycles. The Kier molecular flexibility index (Phi) is 9.58. The third kappa shape index (κ3) is 6.49. The number of piperazine rings is 1. The molecule has 2 amide bonds. The molecule has 9 heteroatoms. The smallest absolute Gasteiger partial charge is 0.320 e. The number of nitrogens with zero attached hydrogens (tertiary/aromatic N) is 3. The van der Waals surface area contributed by atoms with Crippen LogP contribution in [0.2, 0.25) is 0 Å². The molecule has 8 nitrogen and oxygen atoms in total. The molecule has 36 heavy (non-hydrogen) atoms. The molecule has 2 fully saturated rings. The summed E-state index contributed by atoms with van der Waals surface area (Å²) in [5.74, 6) is -0.147. The van der Waals surface area contributed by atoms with Crippen LogP contribution in [-0.2, 0) is 16.1 Å². The fourth-order valence-corrected chi connectivity index (χ4v) is 5.11. The number of carbonyl (C=O) groups is 2. The summed E-state index contributed by atoms with van der Waals surface area (Å²) < 4.78 is 4.94. The van der Waals surface area contributed by atoms with E-state index in [1.807, 2.05) is 52.3 Å². The summed E-state index contributed by atoms with van der Waals surface area (Å²) in [7, 11) is 1.44. The first kappa shape index (κ1) is 27.3. The molecule has 194 valence electrons. The summed E-state index contributed by atoms with van der Waals surface area (Å²) in [6, 6.07) is 18.0. The lowest BCUT2D eigenvalue weighted by molar-refractivity contribution is -0.146. The highest BCUT2D eigenvalue weighted by Crippen LogP contribution is 2.30. The summed E-state index contributed by atoms with van der Waals surface area (Å²) in [4.78, 5) is 32.0. The van der Waals surface area contributed by atoms with Gasteiger partial charge in [-0.3, -0.25) is 10.2 Å². The van der Waals surface area contributed by atoms with Crippen molar-refractivity contribution in [1.82, 2.24) is 9.80 Å². The first-order valence-corrected chi connectivity index (χ1v) is 12.3. The first-order valence-electron chi connectivity index (χ1n) is 12.3. The fourth-order valence-electron chi connectivity index (χ4n) is 5.11. The second kappa shape index (κ2) is 12.6. The van der Waals surface area contributed by atoms with Crippen molar-refractivity contribution in [3.63, 3.8) is 0 Å². The zero-order valence-electron chi connectivity index (χ0n) is 20.8. The third-order valence-corrected chi connectivity index (χ3v) is 7.21. The quantitative estimate of drug-likeness (QED) is 0.347. The van der Waals surface area contributed by atoms with Crippen LogP contribution in [0.4, 0.5) is 10.5 Å². The van der Waals surface area contributed by atoms with Crippen molar-refractivity contribution in [1.29, 1.82) is 5.41 Å². The predicted molar refractivity (Wildman–Crippen MR) is 144 cm³/mol. The van der Waals surface area contributed by atoms with Crippen LogP contribution in [0.25, 0.3) is 0 Å². The molecule has 0 aromatic heterocycles. The Balaban J connectivity index is 0.00000361. The molecule has 2 aromatic carbocycles. The fraction of sp³-hybridized carbons (Fsp3) is 0.444. The number of rotatable bonds is 6. The molecule has 1 heterocycles. The van der Waals surface area contributed by atoms with Crippen LogP contribution in [0.3, 0.4) is 0 Å². The number of urea groups is 1. The van der Waals surface area contributed by atoms with Crippen molar-refractivity contribution >= 4 is 35.9 Å². The molecule has 1 aliphatic carbocycles. The van der Waals surface area contributed by atoms with Crippen LogP contribution in [0.1, 0.15) is 36.8 Å². The Morgan fingerprint density at radius 1 is 0.972 bits per heavy atom. The number of benzene rings is 2. The first-order chi connectivity index (χ1) is 17.0. The van der Waals surface area contributed by atoms with Crippen LogP contribution < -0.4 is 10.6 Å². The number of hydrogen-bond acceptors (Lipinski definition) is 5. The number of nitrogens with one attached hydrogen (secondary N) is 1. The van der Waals surface area contributed by atoms with Crippen molar-refractivity contribution in [2.24, 2.45) is 11.7 Å². The van der Waals surface area contributed by atoms with Gasteiger partial charge in [0, 0.05) is 50.0 Å². The molecule has 0 radical (unpaired) electrons. The van der Waals surface area contributed by atoms with Crippen molar-refractivity contribution in [3.8, 4) is 0 Å². The van der Waals surface area contributed by atoms with Gasteiger partial charge in [0.05, 0.1) is 13.0 Å². The lowest BCUT2D eigenvalue weighted by Gasteiger charge is -2.42. The Morgan fingerprint density at radius 2 is 1.58 bits per heavy atom. The number of anilines is 1. The second-order valence-electron chi connectivity index (χ2n) is 9.36. The van der Waals surface area contributed by atoms with E-state index in [0.29, 0.717) is 25.2 Å². The van der Waals surface area contributed by atoms with Gasteiger partial charge < -0.3 is 25.2 Å². The summed E-state index contributed by atoms with van der Waals surface area (Å²) >= 11 is 0. The molecular formula is C27H36ClN5O3. The Labute approximate surface area is 219 Å². The third-order valence-electron chi connectivity index (χ3n) is 7.21. The van der Waals surface area contributed by atoms with Crippen molar-refractivity contribution in [2.75, 3.05) is 38.2 Å². The monoisotopic (exact) mass is 513 g/mol. The van der Waals surface area contributed by atoms with Crippen LogP contribution >= 0.6 is 12.4 Å². The van der Waals surface area contributed by atoms with Crippen LogP contribution in [0, 0.1) is 11.3 Å². The van der Waals surface area contributed by atoms with Gasteiger partial charge in [0.1, 0.15) is 5.84 Å². The number of nitrogen functional groups attached to an aromatic ring is 1. The number of carbonyl (C=O) groups excluding carboxylic acids is 2. The summed E-state index contributed by atoms with van der Waals surface area (Å²) in [6.45, 7) is 3.37. The number of nitrogens with two attached hydrogens (primary N) is 1. The Bertz CT molecular complexity index is 1020. The minimum absolute atomic E-state index is 0. The second-order valence-corrected chi connectivity index (χ2v) is 9.36. The molecule has 0 bridgehead atoms. The van der Waals surface area contributed by atoms with Gasteiger partial charge in [0.25, 0.3) is 0 Å². The average Bonchev–Trinajstić information content (AvgIpc) is 2.92. The highest BCUT2D eigenvalue weighted by atomic mass is 35.5. The molecule has 0 spiro atoms. The lowest BCUT2D eigenvalue weighted by Crippen LogP contribution is -2.55. The Hall–Kier alpha value is -3.26.